The predicted molar refractivity (Wildman–Crippen MR) is 123 cm³/mol. The van der Waals surface area contributed by atoms with Crippen LogP contribution in [-0.2, 0) is 4.79 Å². The van der Waals surface area contributed by atoms with Gasteiger partial charge in [0.25, 0.3) is 0 Å². The van der Waals surface area contributed by atoms with Gasteiger partial charge in [-0.3, -0.25) is 4.79 Å². The van der Waals surface area contributed by atoms with E-state index in [0.717, 1.165) is 27.8 Å². The molecule has 2 N–H and O–H groups in total. The zero-order valence-corrected chi connectivity index (χ0v) is 17.8. The van der Waals surface area contributed by atoms with Crippen LogP contribution < -0.4 is 14.8 Å². The van der Waals surface area contributed by atoms with E-state index in [2.05, 4.69) is 16.4 Å². The lowest BCUT2D eigenvalue weighted by molar-refractivity contribution is -0.121. The number of H-pyrrole nitrogens is 1. The van der Waals surface area contributed by atoms with Gasteiger partial charge in [-0.15, -0.1) is 0 Å². The van der Waals surface area contributed by atoms with Gasteiger partial charge in [0.15, 0.2) is 11.6 Å². The summed E-state index contributed by atoms with van der Waals surface area (Å²) in [6.45, 7) is 0.528. The molecular weight excluding hydrogens is 407 g/mol. The van der Waals surface area contributed by atoms with E-state index < -0.39 is 5.82 Å². The number of nitrogens with one attached hydrogen (secondary N) is 2. The fourth-order valence-corrected chi connectivity index (χ4v) is 3.75. The molecule has 0 saturated carbocycles. The van der Waals surface area contributed by atoms with Crippen molar-refractivity contribution in [2.24, 2.45) is 0 Å². The number of benzene rings is 3. The maximum Gasteiger partial charge on any atom is 0.223 e. The molecule has 5 nitrogen and oxygen atoms in total. The minimum atomic E-state index is -0.438. The Bertz CT molecular complexity index is 1190. The van der Waals surface area contributed by atoms with Crippen LogP contribution in [0.25, 0.3) is 10.9 Å². The van der Waals surface area contributed by atoms with Crippen LogP contribution in [-0.4, -0.2) is 31.2 Å². The Morgan fingerprint density at radius 3 is 2.56 bits per heavy atom. The number of methoxy groups -OCH3 is 1. The fourth-order valence-electron chi connectivity index (χ4n) is 3.75. The van der Waals surface area contributed by atoms with Gasteiger partial charge in [-0.1, -0.05) is 42.5 Å². The molecule has 4 rings (SSSR count). The monoisotopic (exact) mass is 432 g/mol. The zero-order valence-electron chi connectivity index (χ0n) is 17.8. The zero-order chi connectivity index (χ0) is 22.3. The van der Waals surface area contributed by atoms with E-state index in [1.54, 1.807) is 25.3 Å². The average molecular weight is 432 g/mol. The van der Waals surface area contributed by atoms with Crippen LogP contribution in [0.3, 0.4) is 0 Å². The Kier molecular flexibility index (Phi) is 6.70. The molecule has 0 saturated heterocycles. The Morgan fingerprint density at radius 2 is 1.78 bits per heavy atom. The largest absolute Gasteiger partial charge is 0.497 e. The molecule has 3 aromatic carbocycles. The summed E-state index contributed by atoms with van der Waals surface area (Å²) in [6.07, 6.45) is 2.13. The number of ether oxygens (including phenoxy) is 2. The first-order chi connectivity index (χ1) is 15.7. The van der Waals surface area contributed by atoms with Crippen LogP contribution in [0.15, 0.2) is 79.0 Å². The second-order valence-corrected chi connectivity index (χ2v) is 7.45. The molecule has 1 aromatic heterocycles. The Balaban J connectivity index is 1.45. The van der Waals surface area contributed by atoms with Gasteiger partial charge in [0.05, 0.1) is 20.1 Å². The standard InChI is InChI=1S/C26H25FN2O3/c1-31-19-12-10-18(11-13-19)21(22-17-28-24-8-4-2-6-20(22)24)16-29-26(30)14-15-32-25-9-5-3-7-23(25)27/h2-13,17,21,28H,14-16H2,1H3,(H,29,30). The highest BCUT2D eigenvalue weighted by molar-refractivity contribution is 5.84. The summed E-state index contributed by atoms with van der Waals surface area (Å²) in [4.78, 5) is 15.8. The third kappa shape index (κ3) is 4.91. The highest BCUT2D eigenvalue weighted by Crippen LogP contribution is 2.31. The van der Waals surface area contributed by atoms with E-state index in [9.17, 15) is 9.18 Å². The van der Waals surface area contributed by atoms with Crippen molar-refractivity contribution in [1.29, 1.82) is 0 Å². The van der Waals surface area contributed by atoms with E-state index in [-0.39, 0.29) is 30.6 Å². The summed E-state index contributed by atoms with van der Waals surface area (Å²) < 4.78 is 24.3. The number of halogens is 1. The van der Waals surface area contributed by atoms with Crippen LogP contribution in [0.2, 0.25) is 0 Å². The van der Waals surface area contributed by atoms with Crippen molar-refractivity contribution in [2.45, 2.75) is 12.3 Å². The number of aromatic nitrogens is 1. The van der Waals surface area contributed by atoms with Crippen molar-refractivity contribution in [2.75, 3.05) is 20.3 Å². The van der Waals surface area contributed by atoms with Crippen molar-refractivity contribution in [1.82, 2.24) is 10.3 Å². The molecule has 1 atom stereocenters. The van der Waals surface area contributed by atoms with Gasteiger partial charge in [0.1, 0.15) is 5.75 Å². The molecule has 6 heteroatoms. The quantitative estimate of drug-likeness (QED) is 0.390. The maximum absolute atomic E-state index is 13.7. The lowest BCUT2D eigenvalue weighted by atomic mass is 9.90. The predicted octanol–water partition coefficient (Wildman–Crippen LogP) is 5.03. The molecule has 0 aliphatic carbocycles. The number of carbonyl (C=O) groups is 1. The van der Waals surface area contributed by atoms with E-state index >= 15 is 0 Å². The summed E-state index contributed by atoms with van der Waals surface area (Å²) in [6, 6.07) is 22.1. The lowest BCUT2D eigenvalue weighted by Crippen LogP contribution is -2.29. The first-order valence-corrected chi connectivity index (χ1v) is 10.5. The van der Waals surface area contributed by atoms with Crippen molar-refractivity contribution >= 4 is 16.8 Å². The van der Waals surface area contributed by atoms with Crippen LogP contribution in [0.4, 0.5) is 4.39 Å². The van der Waals surface area contributed by atoms with Gasteiger partial charge < -0.3 is 19.8 Å². The molecule has 1 heterocycles. The van der Waals surface area contributed by atoms with E-state index in [0.29, 0.717) is 6.54 Å². The van der Waals surface area contributed by atoms with Gasteiger partial charge in [-0.2, -0.15) is 0 Å². The normalized spacial score (nSPS) is 11.8. The Hall–Kier alpha value is -3.80. The minimum Gasteiger partial charge on any atom is -0.497 e. The van der Waals surface area contributed by atoms with E-state index in [1.807, 2.05) is 48.7 Å². The second kappa shape index (κ2) is 10.0. The summed E-state index contributed by atoms with van der Waals surface area (Å²) in [5.41, 5.74) is 3.22. The minimum absolute atomic E-state index is 0.0477. The van der Waals surface area contributed by atoms with Crippen LogP contribution in [0, 0.1) is 5.82 Å². The van der Waals surface area contributed by atoms with Crippen LogP contribution in [0.1, 0.15) is 23.5 Å². The summed E-state index contributed by atoms with van der Waals surface area (Å²) in [5.74, 6) is 0.288. The van der Waals surface area contributed by atoms with Crippen molar-refractivity contribution in [3.63, 3.8) is 0 Å². The third-order valence-corrected chi connectivity index (χ3v) is 5.44. The number of amides is 1. The van der Waals surface area contributed by atoms with E-state index in [1.165, 1.54) is 6.07 Å². The number of para-hydroxylation sites is 2. The van der Waals surface area contributed by atoms with Gasteiger partial charge in [-0.05, 0) is 41.5 Å². The van der Waals surface area contributed by atoms with Gasteiger partial charge in [-0.25, -0.2) is 4.39 Å². The highest BCUT2D eigenvalue weighted by atomic mass is 19.1. The Morgan fingerprint density at radius 1 is 1.03 bits per heavy atom. The average Bonchev–Trinajstić information content (AvgIpc) is 3.25. The molecule has 0 aliphatic heterocycles. The molecule has 1 amide bonds. The van der Waals surface area contributed by atoms with Gasteiger partial charge in [0, 0.05) is 29.6 Å². The first kappa shape index (κ1) is 21.4. The summed E-state index contributed by atoms with van der Waals surface area (Å²) in [7, 11) is 1.63. The summed E-state index contributed by atoms with van der Waals surface area (Å²) >= 11 is 0. The number of carbonyl (C=O) groups excluding carboxylic acids is 1. The number of aromatic amines is 1. The molecule has 0 fully saturated rings. The fraction of sp³-hybridized carbons (Fsp3) is 0.192. The topological polar surface area (TPSA) is 63.4 Å². The molecule has 164 valence electrons. The molecule has 32 heavy (non-hydrogen) atoms. The lowest BCUT2D eigenvalue weighted by Gasteiger charge is -2.19. The second-order valence-electron chi connectivity index (χ2n) is 7.45. The van der Waals surface area contributed by atoms with Gasteiger partial charge >= 0.3 is 0 Å². The van der Waals surface area contributed by atoms with Crippen LogP contribution in [0.5, 0.6) is 11.5 Å². The van der Waals surface area contributed by atoms with Crippen molar-refractivity contribution in [3.8, 4) is 11.5 Å². The summed E-state index contributed by atoms with van der Waals surface area (Å²) in [5, 5.41) is 4.12. The SMILES string of the molecule is COc1ccc(C(CNC(=O)CCOc2ccccc2F)c2c[nH]c3ccccc23)cc1. The molecule has 0 bridgehead atoms. The highest BCUT2D eigenvalue weighted by Gasteiger charge is 2.19. The molecule has 0 aliphatic rings. The number of rotatable bonds is 9. The van der Waals surface area contributed by atoms with Crippen LogP contribution >= 0.6 is 0 Å². The molecule has 0 radical (unpaired) electrons. The van der Waals surface area contributed by atoms with E-state index in [4.69, 9.17) is 9.47 Å². The smallest absolute Gasteiger partial charge is 0.223 e. The number of fused-ring (bicyclic) bond motifs is 1. The first-order valence-electron chi connectivity index (χ1n) is 10.5. The number of hydrogen-bond donors (Lipinski definition) is 2. The van der Waals surface area contributed by atoms with Gasteiger partial charge in [0.2, 0.25) is 5.91 Å². The third-order valence-electron chi connectivity index (χ3n) is 5.44. The maximum atomic E-state index is 13.7. The van der Waals surface area contributed by atoms with Crippen molar-refractivity contribution < 1.29 is 18.7 Å². The molecule has 0 spiro atoms. The number of hydrogen-bond acceptors (Lipinski definition) is 3. The van der Waals surface area contributed by atoms with Crippen molar-refractivity contribution in [3.05, 3.63) is 95.9 Å². The molecule has 1 unspecified atom stereocenters. The molecular formula is C26H25FN2O3. The Labute approximate surface area is 186 Å². The molecule has 4 aromatic rings.